The number of carbonyl (C=O) groups is 4. The third-order valence-electron chi connectivity index (χ3n) is 11.7. The van der Waals surface area contributed by atoms with E-state index < -0.39 is 30.4 Å². The van der Waals surface area contributed by atoms with Crippen LogP contribution in [0.3, 0.4) is 0 Å². The minimum absolute atomic E-state index is 0.0211. The molecule has 4 heterocycles. The van der Waals surface area contributed by atoms with Gasteiger partial charge in [-0.15, -0.1) is 0 Å². The molecule has 4 N–H and O–H groups in total. The predicted octanol–water partition coefficient (Wildman–Crippen LogP) is 6.84. The van der Waals surface area contributed by atoms with Gasteiger partial charge in [0.15, 0.2) is 0 Å². The summed E-state index contributed by atoms with van der Waals surface area (Å²) < 4.78 is 21.4. The van der Waals surface area contributed by atoms with Crippen molar-refractivity contribution in [1.29, 1.82) is 0 Å². The normalized spacial score (nSPS) is 17.4. The lowest BCUT2D eigenvalue weighted by Crippen LogP contribution is -2.54. The highest BCUT2D eigenvalue weighted by Gasteiger charge is 2.41. The minimum Gasteiger partial charge on any atom is -0.488 e. The second kappa shape index (κ2) is 17.8. The second-order valence-electron chi connectivity index (χ2n) is 16.8. The van der Waals surface area contributed by atoms with Gasteiger partial charge in [-0.05, 0) is 84.9 Å². The van der Waals surface area contributed by atoms with E-state index in [-0.39, 0.29) is 42.3 Å². The van der Waals surface area contributed by atoms with E-state index in [9.17, 15) is 19.2 Å². The van der Waals surface area contributed by atoms with Crippen molar-refractivity contribution in [3.8, 4) is 28.1 Å². The van der Waals surface area contributed by atoms with E-state index in [0.29, 0.717) is 24.8 Å². The van der Waals surface area contributed by atoms with Gasteiger partial charge in [0, 0.05) is 30.6 Å². The van der Waals surface area contributed by atoms with Gasteiger partial charge < -0.3 is 49.3 Å². The summed E-state index contributed by atoms with van der Waals surface area (Å²) in [6, 6.07) is 12.5. The third-order valence-corrected chi connectivity index (χ3v) is 11.7. The molecule has 2 aliphatic heterocycles. The largest absolute Gasteiger partial charge is 0.488 e. The summed E-state index contributed by atoms with van der Waals surface area (Å²) in [5.74, 6) is 1.61. The third kappa shape index (κ3) is 8.72. The van der Waals surface area contributed by atoms with Crippen molar-refractivity contribution < 1.29 is 38.1 Å². The number of fused-ring (bicyclic) bond motifs is 6. The summed E-state index contributed by atoms with van der Waals surface area (Å²) in [6.45, 7) is 12.6. The zero-order valence-corrected chi connectivity index (χ0v) is 36.3. The van der Waals surface area contributed by atoms with Crippen molar-refractivity contribution >= 4 is 45.8 Å². The topological polar surface area (TPSA) is 193 Å². The van der Waals surface area contributed by atoms with Gasteiger partial charge in [0.05, 0.1) is 55.8 Å². The first kappa shape index (κ1) is 42.9. The van der Waals surface area contributed by atoms with Crippen LogP contribution in [0, 0.1) is 11.8 Å². The number of aromatic amines is 2. The summed E-state index contributed by atoms with van der Waals surface area (Å²) in [4.78, 5) is 72.2. The van der Waals surface area contributed by atoms with Crippen molar-refractivity contribution in [2.24, 2.45) is 11.8 Å². The number of alkyl carbamates (subject to hydrolysis) is 2. The highest BCUT2D eigenvalue weighted by Crippen LogP contribution is 2.43. The Kier molecular flexibility index (Phi) is 12.5. The molecular weight excluding hydrogens is 781 g/mol. The Bertz CT molecular complexity index is 2440. The molecule has 1 fully saturated rings. The Morgan fingerprint density at radius 2 is 1.66 bits per heavy atom. The highest BCUT2D eigenvalue weighted by molar-refractivity contribution is 6.07. The summed E-state index contributed by atoms with van der Waals surface area (Å²) in [7, 11) is 4.03. The van der Waals surface area contributed by atoms with Crippen LogP contribution in [0.4, 0.5) is 9.59 Å². The van der Waals surface area contributed by atoms with Crippen LogP contribution in [-0.2, 0) is 37.0 Å². The van der Waals surface area contributed by atoms with Crippen LogP contribution in [0.1, 0.15) is 77.6 Å². The van der Waals surface area contributed by atoms with E-state index in [0.717, 1.165) is 68.3 Å². The van der Waals surface area contributed by atoms with E-state index >= 15 is 0 Å². The molecule has 0 radical (unpaired) electrons. The smallest absolute Gasteiger partial charge is 0.407 e. The van der Waals surface area contributed by atoms with Gasteiger partial charge in [0.25, 0.3) is 0 Å². The van der Waals surface area contributed by atoms with Gasteiger partial charge in [-0.2, -0.15) is 0 Å². The molecule has 324 valence electrons. The van der Waals surface area contributed by atoms with Gasteiger partial charge in [-0.25, -0.2) is 19.6 Å². The maximum atomic E-state index is 13.9. The molecule has 5 aromatic rings. The molecule has 5 atom stereocenters. The molecule has 2 aliphatic rings. The fraction of sp³-hybridized carbons (Fsp3) is 0.467. The Balaban J connectivity index is 1.13. The zero-order valence-electron chi connectivity index (χ0n) is 36.3. The van der Waals surface area contributed by atoms with Crippen LogP contribution in [0.15, 0.2) is 48.7 Å². The molecule has 1 saturated heterocycles. The fourth-order valence-electron chi connectivity index (χ4n) is 8.47. The summed E-state index contributed by atoms with van der Waals surface area (Å²) in [5.41, 5.74) is 6.43. The van der Waals surface area contributed by atoms with Crippen LogP contribution >= 0.6 is 0 Å². The van der Waals surface area contributed by atoms with Crippen LogP contribution in [0.2, 0.25) is 0 Å². The second-order valence-corrected chi connectivity index (χ2v) is 16.8. The summed E-state index contributed by atoms with van der Waals surface area (Å²) in [6.07, 6.45) is 1.42. The zero-order chi connectivity index (χ0) is 43.7. The molecule has 3 aromatic carbocycles. The number of amides is 4. The number of rotatable bonds is 13. The number of methoxy groups -OCH3 is 3. The minimum atomic E-state index is -0.952. The number of hydrogen-bond acceptors (Lipinski definition) is 10. The number of H-pyrrole nitrogens is 2. The average molecular weight is 837 g/mol. The van der Waals surface area contributed by atoms with Crippen molar-refractivity contribution in [3.05, 3.63) is 65.9 Å². The van der Waals surface area contributed by atoms with Crippen molar-refractivity contribution in [2.45, 2.75) is 97.8 Å². The number of aromatic nitrogens is 4. The SMILES string of the molecule is COC(=O)N[C@H](C(=O)N1[C@@H](C)CC[C@H]1c1ncc(-c2ccc3c(c2)COc2cc4c(ccc5[nH]c(CN(CC(C)C)C(=O)[C@@H](NC(=O)OC)[C@@H](C)OC)nc54)cc2-3)[nH]1)C(C)C. The first-order chi connectivity index (χ1) is 29.2. The van der Waals surface area contributed by atoms with Crippen LogP contribution in [-0.4, -0.2) is 106 Å². The Hall–Kier alpha value is -6.16. The maximum absolute atomic E-state index is 13.9. The predicted molar refractivity (Wildman–Crippen MR) is 229 cm³/mol. The number of benzene rings is 3. The molecule has 4 amide bonds. The Labute approximate surface area is 355 Å². The number of hydrogen-bond donors (Lipinski definition) is 4. The highest BCUT2D eigenvalue weighted by atomic mass is 16.5. The lowest BCUT2D eigenvalue weighted by atomic mass is 9.92. The van der Waals surface area contributed by atoms with Crippen molar-refractivity contribution in [2.75, 3.05) is 27.9 Å². The van der Waals surface area contributed by atoms with Crippen LogP contribution in [0.5, 0.6) is 5.75 Å². The van der Waals surface area contributed by atoms with Gasteiger partial charge in [-0.3, -0.25) is 9.59 Å². The van der Waals surface area contributed by atoms with E-state index in [1.807, 2.05) is 51.7 Å². The number of nitrogens with zero attached hydrogens (tertiary/aromatic N) is 4. The summed E-state index contributed by atoms with van der Waals surface area (Å²) in [5, 5.41) is 7.26. The molecule has 0 spiro atoms. The summed E-state index contributed by atoms with van der Waals surface area (Å²) >= 11 is 0. The Morgan fingerprint density at radius 1 is 0.918 bits per heavy atom. The molecule has 61 heavy (non-hydrogen) atoms. The van der Waals surface area contributed by atoms with E-state index in [4.69, 9.17) is 28.9 Å². The average Bonchev–Trinajstić information content (AvgIpc) is 4.01. The fourth-order valence-corrected chi connectivity index (χ4v) is 8.47. The molecule has 0 unspecified atom stereocenters. The number of ether oxygens (including phenoxy) is 4. The molecule has 0 aliphatic carbocycles. The molecule has 16 heteroatoms. The first-order valence-corrected chi connectivity index (χ1v) is 20.8. The molecular formula is C45H56N8O8. The number of carbonyl (C=O) groups excluding carboxylic acids is 4. The lowest BCUT2D eigenvalue weighted by molar-refractivity contribution is -0.138. The molecule has 7 rings (SSSR count). The Morgan fingerprint density at radius 3 is 2.34 bits per heavy atom. The number of likely N-dealkylation sites (tertiary alicyclic amines) is 1. The molecule has 2 aromatic heterocycles. The maximum Gasteiger partial charge on any atom is 0.407 e. The standard InChI is InChI=1S/C45H56N8O8/c1-23(2)20-52(42(54)39(26(6)58-7)51-45(57)60-9)21-37-47-33-14-12-27-17-32-30-13-11-28(16-29(30)22-61-36(32)18-31(27)40(33)49-37)34-19-46-41(48-34)35-15-10-25(5)53(35)43(55)38(24(3)4)50-44(56)59-8/h11-14,16-19,23-26,35,38-39H,10,15,20-22H2,1-9H3,(H,46,48)(H,47,49)(H,50,56)(H,51,57)/t25-,26+,35-,38-,39-/m0/s1. The number of nitrogens with one attached hydrogen (secondary N) is 4. The van der Waals surface area contributed by atoms with Gasteiger partial charge in [-0.1, -0.05) is 45.9 Å². The first-order valence-electron chi connectivity index (χ1n) is 20.8. The quantitative estimate of drug-likeness (QED) is 0.0976. The van der Waals surface area contributed by atoms with E-state index in [2.05, 4.69) is 50.9 Å². The van der Waals surface area contributed by atoms with Gasteiger partial charge in [0.2, 0.25) is 11.8 Å². The molecule has 16 nitrogen and oxygen atoms in total. The van der Waals surface area contributed by atoms with Gasteiger partial charge >= 0.3 is 12.2 Å². The van der Waals surface area contributed by atoms with Crippen molar-refractivity contribution in [1.82, 2.24) is 40.4 Å². The monoisotopic (exact) mass is 836 g/mol. The number of imidazole rings is 2. The van der Waals surface area contributed by atoms with E-state index in [1.165, 1.54) is 21.3 Å². The lowest BCUT2D eigenvalue weighted by Gasteiger charge is -2.32. The van der Waals surface area contributed by atoms with Gasteiger partial charge in [0.1, 0.15) is 36.1 Å². The molecule has 0 bridgehead atoms. The van der Waals surface area contributed by atoms with E-state index in [1.54, 1.807) is 18.0 Å². The molecule has 0 saturated carbocycles. The van der Waals surface area contributed by atoms with Crippen LogP contribution < -0.4 is 15.4 Å². The van der Waals surface area contributed by atoms with Crippen LogP contribution in [0.25, 0.3) is 44.2 Å². The van der Waals surface area contributed by atoms with Crippen molar-refractivity contribution in [3.63, 3.8) is 0 Å².